The van der Waals surface area contributed by atoms with Crippen LogP contribution in [-0.4, -0.2) is 56.6 Å². The number of benzene rings is 3. The Morgan fingerprint density at radius 3 is 2.05 bits per heavy atom. The molecular weight excluding hydrogens is 528 g/mol. The van der Waals surface area contributed by atoms with E-state index in [1.807, 2.05) is 11.8 Å². The lowest BCUT2D eigenvalue weighted by Gasteiger charge is -2.46. The zero-order chi connectivity index (χ0) is 28.9. The molecule has 0 spiro atoms. The first-order valence-corrected chi connectivity index (χ1v) is 15.2. The van der Waals surface area contributed by atoms with E-state index in [1.54, 1.807) is 24.3 Å². The molecule has 0 bridgehead atoms. The maximum Gasteiger partial charge on any atom is 0.113 e. The van der Waals surface area contributed by atoms with Crippen LogP contribution in [0.4, 0.5) is 0 Å². The van der Waals surface area contributed by atoms with Gasteiger partial charge < -0.3 is 18.9 Å². The molecular formula is C36H42O4S. The van der Waals surface area contributed by atoms with Crippen molar-refractivity contribution in [1.82, 2.24) is 0 Å². The van der Waals surface area contributed by atoms with Crippen molar-refractivity contribution in [2.45, 2.75) is 41.7 Å². The van der Waals surface area contributed by atoms with Gasteiger partial charge in [0.05, 0.1) is 43.5 Å². The predicted molar refractivity (Wildman–Crippen MR) is 173 cm³/mol. The fraction of sp³-hybridized carbons (Fsp3) is 0.333. The van der Waals surface area contributed by atoms with Gasteiger partial charge in [-0.15, -0.1) is 38.1 Å². The van der Waals surface area contributed by atoms with E-state index in [0.717, 1.165) is 12.8 Å². The van der Waals surface area contributed by atoms with Crippen molar-refractivity contribution in [2.75, 3.05) is 33.0 Å². The summed E-state index contributed by atoms with van der Waals surface area (Å²) in [4.78, 5) is 0. The summed E-state index contributed by atoms with van der Waals surface area (Å²) in [6.45, 7) is 17.6. The standard InChI is InChI=1S/C36H42O4S/c1-5-21-37-26-32-33(38-22-6-2)34(39-23-7-3)35(40-24-8-4)36(41-32)30-19-20-31-28(15-12-16-29(31)25-30)18-17-27-13-10-9-11-14-27/h5-16,19-20,25,32-36H,1-4,17-18,21-24,26H2/t32-,33-,34+,35-,36+/m1/s1. The Bertz CT molecular complexity index is 1270. The summed E-state index contributed by atoms with van der Waals surface area (Å²) in [6, 6.07) is 24.1. The topological polar surface area (TPSA) is 36.9 Å². The van der Waals surface area contributed by atoms with Gasteiger partial charge in [0.15, 0.2) is 0 Å². The van der Waals surface area contributed by atoms with Crippen LogP contribution in [0.2, 0.25) is 0 Å². The molecule has 4 nitrogen and oxygen atoms in total. The van der Waals surface area contributed by atoms with Crippen molar-refractivity contribution < 1.29 is 18.9 Å². The highest BCUT2D eigenvalue weighted by Crippen LogP contribution is 2.47. The van der Waals surface area contributed by atoms with Crippen LogP contribution in [0.3, 0.4) is 0 Å². The summed E-state index contributed by atoms with van der Waals surface area (Å²) in [5.74, 6) is 0. The van der Waals surface area contributed by atoms with Crippen LogP contribution in [0.1, 0.15) is 21.9 Å². The highest BCUT2D eigenvalue weighted by Gasteiger charge is 2.48. The van der Waals surface area contributed by atoms with E-state index in [4.69, 9.17) is 18.9 Å². The average molecular weight is 571 g/mol. The molecule has 216 valence electrons. The molecule has 0 N–H and O–H groups in total. The van der Waals surface area contributed by atoms with Crippen LogP contribution in [0, 0.1) is 0 Å². The Hall–Kier alpha value is -2.93. The number of thioether (sulfide) groups is 1. The quantitative estimate of drug-likeness (QED) is 0.123. The lowest BCUT2D eigenvalue weighted by Crippen LogP contribution is -2.55. The van der Waals surface area contributed by atoms with Crippen molar-refractivity contribution in [1.29, 1.82) is 0 Å². The summed E-state index contributed by atoms with van der Waals surface area (Å²) in [7, 11) is 0. The Kier molecular flexibility index (Phi) is 12.5. The minimum absolute atomic E-state index is 0.00283. The lowest BCUT2D eigenvalue weighted by molar-refractivity contribution is -0.136. The number of ether oxygens (including phenoxy) is 4. The minimum Gasteiger partial charge on any atom is -0.376 e. The largest absolute Gasteiger partial charge is 0.376 e. The monoisotopic (exact) mass is 570 g/mol. The van der Waals surface area contributed by atoms with Gasteiger partial charge in [-0.05, 0) is 46.4 Å². The number of rotatable bonds is 17. The predicted octanol–water partition coefficient (Wildman–Crippen LogP) is 7.70. The fourth-order valence-corrected chi connectivity index (χ4v) is 7.02. The summed E-state index contributed by atoms with van der Waals surface area (Å²) < 4.78 is 25.1. The van der Waals surface area contributed by atoms with Gasteiger partial charge in [-0.1, -0.05) is 85.0 Å². The SMILES string of the molecule is C=CCOC[C@H]1S[C@@H](c2ccc3c(CCc4ccccc4)cccc3c2)[C@H](OCC=C)[C@@H](OCC=C)[C@@H]1OCC=C. The summed E-state index contributed by atoms with van der Waals surface area (Å²) in [5.41, 5.74) is 3.90. The van der Waals surface area contributed by atoms with Crippen molar-refractivity contribution in [3.05, 3.63) is 134 Å². The van der Waals surface area contributed by atoms with Gasteiger partial charge >= 0.3 is 0 Å². The molecule has 1 fully saturated rings. The molecule has 1 saturated heterocycles. The van der Waals surface area contributed by atoms with Gasteiger partial charge in [-0.3, -0.25) is 0 Å². The highest BCUT2D eigenvalue weighted by molar-refractivity contribution is 8.00. The number of hydrogen-bond donors (Lipinski definition) is 0. The summed E-state index contributed by atoms with van der Waals surface area (Å²) in [5, 5.41) is 2.53. The van der Waals surface area contributed by atoms with E-state index in [2.05, 4.69) is 93.0 Å². The normalized spacial score (nSPS) is 22.3. The van der Waals surface area contributed by atoms with Crippen molar-refractivity contribution in [2.24, 2.45) is 0 Å². The van der Waals surface area contributed by atoms with Gasteiger partial charge in [0.1, 0.15) is 18.3 Å². The Labute approximate surface area is 249 Å². The molecule has 5 heteroatoms. The van der Waals surface area contributed by atoms with Crippen molar-refractivity contribution in [3.63, 3.8) is 0 Å². The van der Waals surface area contributed by atoms with Crippen LogP contribution in [0.5, 0.6) is 0 Å². The number of aryl methyl sites for hydroxylation is 2. The van der Waals surface area contributed by atoms with E-state index >= 15 is 0 Å². The fourth-order valence-electron chi connectivity index (χ4n) is 5.38. The zero-order valence-electron chi connectivity index (χ0n) is 23.9. The van der Waals surface area contributed by atoms with Crippen molar-refractivity contribution >= 4 is 22.5 Å². The molecule has 3 aromatic carbocycles. The van der Waals surface area contributed by atoms with Gasteiger partial charge in [0.2, 0.25) is 0 Å². The average Bonchev–Trinajstić information content (AvgIpc) is 3.01. The molecule has 4 rings (SSSR count). The maximum absolute atomic E-state index is 6.46. The second-order valence-corrected chi connectivity index (χ2v) is 11.4. The molecule has 0 amide bonds. The first-order valence-electron chi connectivity index (χ1n) is 14.3. The third kappa shape index (κ3) is 8.31. The summed E-state index contributed by atoms with van der Waals surface area (Å²) in [6.07, 6.45) is 8.24. The second-order valence-electron chi connectivity index (χ2n) is 10.1. The molecule has 0 unspecified atom stereocenters. The van der Waals surface area contributed by atoms with Crippen molar-refractivity contribution in [3.8, 4) is 0 Å². The number of fused-ring (bicyclic) bond motifs is 1. The molecule has 1 heterocycles. The Balaban J connectivity index is 1.67. The molecule has 41 heavy (non-hydrogen) atoms. The highest BCUT2D eigenvalue weighted by atomic mass is 32.2. The summed E-state index contributed by atoms with van der Waals surface area (Å²) >= 11 is 1.83. The zero-order valence-corrected chi connectivity index (χ0v) is 24.7. The molecule has 0 radical (unpaired) electrons. The van der Waals surface area contributed by atoms with Crippen LogP contribution < -0.4 is 0 Å². The van der Waals surface area contributed by atoms with E-state index in [1.165, 1.54) is 27.5 Å². The van der Waals surface area contributed by atoms with E-state index < -0.39 is 0 Å². The van der Waals surface area contributed by atoms with Crippen LogP contribution >= 0.6 is 11.8 Å². The molecule has 0 aliphatic carbocycles. The Morgan fingerprint density at radius 2 is 1.34 bits per heavy atom. The molecule has 0 saturated carbocycles. The third-order valence-electron chi connectivity index (χ3n) is 7.22. The van der Waals surface area contributed by atoms with Crippen LogP contribution in [0.15, 0.2) is 117 Å². The van der Waals surface area contributed by atoms with E-state index in [9.17, 15) is 0 Å². The molecule has 0 aromatic heterocycles. The van der Waals surface area contributed by atoms with Gasteiger partial charge in [0.25, 0.3) is 0 Å². The molecule has 5 atom stereocenters. The Morgan fingerprint density at radius 1 is 0.659 bits per heavy atom. The molecule has 1 aliphatic heterocycles. The third-order valence-corrected chi connectivity index (χ3v) is 8.81. The van der Waals surface area contributed by atoms with Gasteiger partial charge in [-0.25, -0.2) is 0 Å². The van der Waals surface area contributed by atoms with Crippen LogP contribution in [-0.2, 0) is 31.8 Å². The van der Waals surface area contributed by atoms with Gasteiger partial charge in [-0.2, -0.15) is 0 Å². The smallest absolute Gasteiger partial charge is 0.113 e. The van der Waals surface area contributed by atoms with Gasteiger partial charge in [0, 0.05) is 0 Å². The lowest BCUT2D eigenvalue weighted by atomic mass is 9.93. The molecule has 3 aromatic rings. The first-order chi connectivity index (χ1) is 20.2. The first kappa shape index (κ1) is 31.0. The van der Waals surface area contributed by atoms with E-state index in [0.29, 0.717) is 33.0 Å². The van der Waals surface area contributed by atoms with E-state index in [-0.39, 0.29) is 28.8 Å². The number of hydrogen-bond acceptors (Lipinski definition) is 5. The van der Waals surface area contributed by atoms with Crippen LogP contribution in [0.25, 0.3) is 10.8 Å². The second kappa shape index (κ2) is 16.5. The minimum atomic E-state index is -0.329. The maximum atomic E-state index is 6.46. The molecule has 1 aliphatic rings.